The summed E-state index contributed by atoms with van der Waals surface area (Å²) in [6.45, 7) is 1.23. The predicted octanol–water partition coefficient (Wildman–Crippen LogP) is 2.89. The first kappa shape index (κ1) is 19.1. The lowest BCUT2D eigenvalue weighted by Gasteiger charge is -2.36. The van der Waals surface area contributed by atoms with E-state index in [0.717, 1.165) is 31.4 Å². The Morgan fingerprint density at radius 3 is 2.37 bits per heavy atom. The van der Waals surface area contributed by atoms with Gasteiger partial charge in [-0.05, 0) is 37.0 Å². The Morgan fingerprint density at radius 1 is 1.04 bits per heavy atom. The minimum absolute atomic E-state index is 0.0485. The van der Waals surface area contributed by atoms with Crippen molar-refractivity contribution in [2.24, 2.45) is 5.73 Å². The molecule has 1 heterocycles. The Hall–Kier alpha value is -2.66. The Balaban J connectivity index is 1.76. The zero-order valence-corrected chi connectivity index (χ0v) is 15.5. The van der Waals surface area contributed by atoms with E-state index in [2.05, 4.69) is 5.32 Å². The van der Waals surface area contributed by atoms with Crippen LogP contribution in [0, 0.1) is 0 Å². The van der Waals surface area contributed by atoms with Crippen LogP contribution in [0.1, 0.15) is 47.6 Å². The maximum atomic E-state index is 13.0. The Bertz CT molecular complexity index is 749. The Labute approximate surface area is 160 Å². The maximum absolute atomic E-state index is 13.0. The van der Waals surface area contributed by atoms with Gasteiger partial charge in [-0.15, -0.1) is 0 Å². The van der Waals surface area contributed by atoms with Gasteiger partial charge in [-0.3, -0.25) is 9.59 Å². The summed E-state index contributed by atoms with van der Waals surface area (Å²) < 4.78 is 0. The molecule has 2 unspecified atom stereocenters. The van der Waals surface area contributed by atoms with Crippen LogP contribution in [-0.4, -0.2) is 35.8 Å². The predicted molar refractivity (Wildman–Crippen MR) is 106 cm³/mol. The number of hydrogen-bond donors (Lipinski definition) is 2. The molecule has 1 saturated heterocycles. The normalized spacial score (nSPS) is 18.0. The second-order valence-electron chi connectivity index (χ2n) is 6.98. The van der Waals surface area contributed by atoms with Gasteiger partial charge in [-0.1, -0.05) is 48.5 Å². The number of nitrogens with zero attached hydrogens (tertiary/aromatic N) is 1. The Morgan fingerprint density at radius 2 is 1.70 bits per heavy atom. The Kier molecular flexibility index (Phi) is 6.60. The van der Waals surface area contributed by atoms with Crippen LogP contribution >= 0.6 is 0 Å². The first-order valence-electron chi connectivity index (χ1n) is 9.59. The van der Waals surface area contributed by atoms with Crippen molar-refractivity contribution in [3.63, 3.8) is 0 Å². The van der Waals surface area contributed by atoms with Crippen molar-refractivity contribution >= 4 is 11.8 Å². The lowest BCUT2D eigenvalue weighted by molar-refractivity contribution is -0.135. The van der Waals surface area contributed by atoms with E-state index < -0.39 is 0 Å². The van der Waals surface area contributed by atoms with Gasteiger partial charge < -0.3 is 16.0 Å². The summed E-state index contributed by atoms with van der Waals surface area (Å²) in [5.41, 5.74) is 7.38. The average Bonchev–Trinajstić information content (AvgIpc) is 2.74. The van der Waals surface area contributed by atoms with Gasteiger partial charge in [-0.25, -0.2) is 0 Å². The molecule has 1 aliphatic rings. The minimum Gasteiger partial charge on any atom is -0.345 e. The molecule has 2 aromatic rings. The number of likely N-dealkylation sites (tertiary alicyclic amines) is 1. The van der Waals surface area contributed by atoms with Crippen molar-refractivity contribution in [3.8, 4) is 0 Å². The molecule has 5 nitrogen and oxygen atoms in total. The zero-order valence-electron chi connectivity index (χ0n) is 15.5. The molecule has 2 aromatic carbocycles. The van der Waals surface area contributed by atoms with Gasteiger partial charge in [0.1, 0.15) is 0 Å². The molecule has 3 N–H and O–H groups in total. The second kappa shape index (κ2) is 9.33. The summed E-state index contributed by atoms with van der Waals surface area (Å²) in [6, 6.07) is 18.5. The first-order valence-corrected chi connectivity index (χ1v) is 9.59. The van der Waals surface area contributed by atoms with Gasteiger partial charge in [0.05, 0.1) is 12.5 Å². The van der Waals surface area contributed by atoms with E-state index in [9.17, 15) is 9.59 Å². The summed E-state index contributed by atoms with van der Waals surface area (Å²) in [5.74, 6) is -0.126. The summed E-state index contributed by atoms with van der Waals surface area (Å²) in [6.07, 6.45) is 3.31. The van der Waals surface area contributed by atoms with Crippen molar-refractivity contribution in [3.05, 3.63) is 71.8 Å². The van der Waals surface area contributed by atoms with Gasteiger partial charge in [0.25, 0.3) is 5.91 Å². The number of carbonyl (C=O) groups excluding carboxylic acids is 2. The van der Waals surface area contributed by atoms with Crippen molar-refractivity contribution in [2.75, 3.05) is 13.1 Å². The van der Waals surface area contributed by atoms with Crippen LogP contribution in [0.15, 0.2) is 60.7 Å². The number of amides is 2. The summed E-state index contributed by atoms with van der Waals surface area (Å²) in [4.78, 5) is 27.5. The number of hydrogen-bond acceptors (Lipinski definition) is 3. The van der Waals surface area contributed by atoms with Crippen LogP contribution in [0.3, 0.4) is 0 Å². The highest BCUT2D eigenvalue weighted by molar-refractivity contribution is 5.94. The van der Waals surface area contributed by atoms with Crippen LogP contribution in [0.5, 0.6) is 0 Å². The molecule has 27 heavy (non-hydrogen) atoms. The van der Waals surface area contributed by atoms with E-state index in [1.165, 1.54) is 0 Å². The van der Waals surface area contributed by atoms with E-state index in [1.54, 1.807) is 12.1 Å². The molecular weight excluding hydrogens is 338 g/mol. The van der Waals surface area contributed by atoms with Crippen LogP contribution in [0.25, 0.3) is 0 Å². The largest absolute Gasteiger partial charge is 0.345 e. The van der Waals surface area contributed by atoms with Gasteiger partial charge in [-0.2, -0.15) is 0 Å². The topological polar surface area (TPSA) is 75.4 Å². The highest BCUT2D eigenvalue weighted by Crippen LogP contribution is 2.23. The number of benzene rings is 2. The van der Waals surface area contributed by atoms with Gasteiger partial charge in [0, 0.05) is 24.7 Å². The molecule has 142 valence electrons. The third-order valence-corrected chi connectivity index (χ3v) is 5.14. The quantitative estimate of drug-likeness (QED) is 0.826. The molecule has 1 aliphatic heterocycles. The molecule has 0 radical (unpaired) electrons. The molecule has 0 bridgehead atoms. The molecule has 1 fully saturated rings. The summed E-state index contributed by atoms with van der Waals surface area (Å²) in [7, 11) is 0. The molecule has 0 aromatic heterocycles. The van der Waals surface area contributed by atoms with Crippen molar-refractivity contribution in [1.82, 2.24) is 10.2 Å². The monoisotopic (exact) mass is 365 g/mol. The zero-order chi connectivity index (χ0) is 19.1. The molecule has 2 atom stereocenters. The average molecular weight is 365 g/mol. The van der Waals surface area contributed by atoms with Crippen LogP contribution in [-0.2, 0) is 4.79 Å². The fourth-order valence-electron chi connectivity index (χ4n) is 3.63. The van der Waals surface area contributed by atoms with Gasteiger partial charge in [0.2, 0.25) is 5.91 Å². The second-order valence-corrected chi connectivity index (χ2v) is 6.98. The SMILES string of the molecule is NCC1CCCCN1C(=O)CC(NC(=O)c1ccccc1)c1ccccc1. The van der Waals surface area contributed by atoms with E-state index in [4.69, 9.17) is 5.73 Å². The highest BCUT2D eigenvalue weighted by Gasteiger charge is 2.28. The third kappa shape index (κ3) is 4.95. The maximum Gasteiger partial charge on any atom is 0.251 e. The van der Waals surface area contributed by atoms with E-state index in [-0.39, 0.29) is 30.3 Å². The fraction of sp³-hybridized carbons (Fsp3) is 0.364. The number of carbonyl (C=O) groups is 2. The standard InChI is InChI=1S/C22H27N3O2/c23-16-19-13-7-8-14-25(19)21(26)15-20(17-9-3-1-4-10-17)24-22(27)18-11-5-2-6-12-18/h1-6,9-12,19-20H,7-8,13-16,23H2,(H,24,27). The van der Waals surface area contributed by atoms with Crippen molar-refractivity contribution in [1.29, 1.82) is 0 Å². The molecule has 0 aliphatic carbocycles. The van der Waals surface area contributed by atoms with Crippen molar-refractivity contribution in [2.45, 2.75) is 37.8 Å². The van der Waals surface area contributed by atoms with Crippen LogP contribution in [0.2, 0.25) is 0 Å². The third-order valence-electron chi connectivity index (χ3n) is 5.14. The fourth-order valence-corrected chi connectivity index (χ4v) is 3.63. The van der Waals surface area contributed by atoms with E-state index in [0.29, 0.717) is 12.1 Å². The lowest BCUT2D eigenvalue weighted by Crippen LogP contribution is -2.48. The van der Waals surface area contributed by atoms with E-state index >= 15 is 0 Å². The summed E-state index contributed by atoms with van der Waals surface area (Å²) in [5, 5.41) is 3.03. The van der Waals surface area contributed by atoms with Crippen LogP contribution < -0.4 is 11.1 Å². The van der Waals surface area contributed by atoms with E-state index in [1.807, 2.05) is 53.4 Å². The minimum atomic E-state index is -0.369. The number of nitrogens with one attached hydrogen (secondary N) is 1. The van der Waals surface area contributed by atoms with Gasteiger partial charge >= 0.3 is 0 Å². The smallest absolute Gasteiger partial charge is 0.251 e. The molecule has 2 amide bonds. The molecular formula is C22H27N3O2. The molecule has 3 rings (SSSR count). The lowest BCUT2D eigenvalue weighted by atomic mass is 9.98. The number of nitrogens with two attached hydrogens (primary N) is 1. The summed E-state index contributed by atoms with van der Waals surface area (Å²) >= 11 is 0. The van der Waals surface area contributed by atoms with Crippen molar-refractivity contribution < 1.29 is 9.59 Å². The molecule has 5 heteroatoms. The molecule has 0 saturated carbocycles. The number of piperidine rings is 1. The first-order chi connectivity index (χ1) is 13.2. The number of rotatable bonds is 6. The highest BCUT2D eigenvalue weighted by atomic mass is 16.2. The van der Waals surface area contributed by atoms with Gasteiger partial charge in [0.15, 0.2) is 0 Å². The molecule has 0 spiro atoms. The van der Waals surface area contributed by atoms with Crippen LogP contribution in [0.4, 0.5) is 0 Å².